The summed E-state index contributed by atoms with van der Waals surface area (Å²) in [6, 6.07) is 67.4. The van der Waals surface area contributed by atoms with E-state index in [1.54, 1.807) is 0 Å². The normalized spacial score (nSPS) is 11.3. The Hall–Kier alpha value is -7.50. The molecule has 6 aromatic carbocycles. The van der Waals surface area contributed by atoms with E-state index >= 15 is 0 Å². The highest BCUT2D eigenvalue weighted by molar-refractivity contribution is 5.94. The van der Waals surface area contributed by atoms with Crippen LogP contribution in [-0.4, -0.2) is 19.9 Å². The van der Waals surface area contributed by atoms with Gasteiger partial charge in [-0.05, 0) is 84.4 Å². The molecule has 4 aromatic heterocycles. The van der Waals surface area contributed by atoms with Crippen LogP contribution in [0.2, 0.25) is 0 Å². The van der Waals surface area contributed by atoms with Gasteiger partial charge in [-0.15, -0.1) is 0 Å². The van der Waals surface area contributed by atoms with Gasteiger partial charge in [-0.1, -0.05) is 115 Å². The molecule has 0 amide bonds. The Balaban J connectivity index is 1.03. The maximum Gasteiger partial charge on any atom is 0.0965 e. The fourth-order valence-electron chi connectivity index (χ4n) is 7.29. The van der Waals surface area contributed by atoms with Crippen LogP contribution < -0.4 is 4.90 Å². The van der Waals surface area contributed by atoms with Crippen LogP contribution >= 0.6 is 0 Å². The predicted molar refractivity (Wildman–Crippen MR) is 227 cm³/mol. The Kier molecular flexibility index (Phi) is 8.08. The summed E-state index contributed by atoms with van der Waals surface area (Å²) >= 11 is 0. The standard InChI is InChI=1S/C50H33N5/c1-2-9-34(10-3-1)43-33-49(54-48-15-8-32-51-50(43)48)39-20-28-42(29-21-39)55(40-24-16-37(17-25-40)46-30-22-35-11-4-6-13-44(35)52-46)41-26-18-38(19-27-41)47-31-23-36-12-5-7-14-45(36)53-47/h1-33H. The summed E-state index contributed by atoms with van der Waals surface area (Å²) < 4.78 is 0. The number of nitrogens with zero attached hydrogens (tertiary/aromatic N) is 5. The van der Waals surface area contributed by atoms with E-state index in [1.807, 2.05) is 48.7 Å². The number of pyridine rings is 4. The Morgan fingerprint density at radius 3 is 1.33 bits per heavy atom. The number of rotatable bonds is 7. The van der Waals surface area contributed by atoms with Gasteiger partial charge in [-0.25, -0.2) is 15.0 Å². The summed E-state index contributed by atoms with van der Waals surface area (Å²) in [6.07, 6.45) is 1.83. The van der Waals surface area contributed by atoms with Gasteiger partial charge in [-0.3, -0.25) is 4.98 Å². The van der Waals surface area contributed by atoms with Crippen LogP contribution in [0.25, 0.3) is 77.7 Å². The third-order valence-electron chi connectivity index (χ3n) is 10.1. The Labute approximate surface area is 318 Å². The summed E-state index contributed by atoms with van der Waals surface area (Å²) in [4.78, 5) is 21.9. The van der Waals surface area contributed by atoms with Crippen molar-refractivity contribution >= 4 is 49.9 Å². The maximum atomic E-state index is 5.05. The van der Waals surface area contributed by atoms with Gasteiger partial charge < -0.3 is 4.90 Å². The molecule has 258 valence electrons. The lowest BCUT2D eigenvalue weighted by Crippen LogP contribution is -2.10. The molecule has 10 rings (SSSR count). The summed E-state index contributed by atoms with van der Waals surface area (Å²) in [5.41, 5.74) is 15.0. The van der Waals surface area contributed by atoms with Crippen molar-refractivity contribution in [3.8, 4) is 44.9 Å². The first kappa shape index (κ1) is 32.2. The lowest BCUT2D eigenvalue weighted by molar-refractivity contribution is 1.28. The first-order chi connectivity index (χ1) is 27.2. The van der Waals surface area contributed by atoms with Gasteiger partial charge in [0.15, 0.2) is 0 Å². The van der Waals surface area contributed by atoms with Crippen LogP contribution in [0.1, 0.15) is 0 Å². The fourth-order valence-corrected chi connectivity index (χ4v) is 7.29. The molecule has 0 aliphatic heterocycles. The fraction of sp³-hybridized carbons (Fsp3) is 0. The number of anilines is 3. The highest BCUT2D eigenvalue weighted by Gasteiger charge is 2.16. The summed E-state index contributed by atoms with van der Waals surface area (Å²) in [5.74, 6) is 0. The third-order valence-corrected chi connectivity index (χ3v) is 10.1. The van der Waals surface area contributed by atoms with E-state index in [2.05, 4.69) is 157 Å². The van der Waals surface area contributed by atoms with Gasteiger partial charge in [0.25, 0.3) is 0 Å². The van der Waals surface area contributed by atoms with Crippen LogP contribution in [-0.2, 0) is 0 Å². The topological polar surface area (TPSA) is 54.8 Å². The SMILES string of the molecule is c1ccc(-c2cc(-c3ccc(N(c4ccc(-c5ccc6ccccc6n5)cc4)c4ccc(-c5ccc6ccccc6n5)cc4)cc3)nc3cccnc23)cc1. The Bertz CT molecular complexity index is 2840. The molecular weight excluding hydrogens is 671 g/mol. The van der Waals surface area contributed by atoms with Crippen molar-refractivity contribution in [2.24, 2.45) is 0 Å². The van der Waals surface area contributed by atoms with Crippen LogP contribution in [0.3, 0.4) is 0 Å². The molecule has 10 aromatic rings. The molecule has 0 aliphatic rings. The van der Waals surface area contributed by atoms with Gasteiger partial charge in [-0.2, -0.15) is 0 Å². The van der Waals surface area contributed by atoms with E-state index in [9.17, 15) is 0 Å². The molecule has 0 atom stereocenters. The first-order valence-corrected chi connectivity index (χ1v) is 18.4. The monoisotopic (exact) mass is 703 g/mol. The lowest BCUT2D eigenvalue weighted by Gasteiger charge is -2.26. The summed E-state index contributed by atoms with van der Waals surface area (Å²) in [6.45, 7) is 0. The molecule has 5 heteroatoms. The summed E-state index contributed by atoms with van der Waals surface area (Å²) in [7, 11) is 0. The quantitative estimate of drug-likeness (QED) is 0.165. The molecule has 0 fully saturated rings. The number of para-hydroxylation sites is 2. The number of benzene rings is 6. The van der Waals surface area contributed by atoms with E-state index < -0.39 is 0 Å². The molecule has 0 bridgehead atoms. The van der Waals surface area contributed by atoms with Gasteiger partial charge in [0, 0.05) is 56.3 Å². The smallest absolute Gasteiger partial charge is 0.0965 e. The molecule has 4 heterocycles. The number of hydrogen-bond donors (Lipinski definition) is 0. The highest BCUT2D eigenvalue weighted by Crippen LogP contribution is 2.38. The van der Waals surface area contributed by atoms with Crippen LogP contribution in [0, 0.1) is 0 Å². The van der Waals surface area contributed by atoms with Crippen molar-refractivity contribution in [1.29, 1.82) is 0 Å². The van der Waals surface area contributed by atoms with Gasteiger partial charge >= 0.3 is 0 Å². The van der Waals surface area contributed by atoms with Crippen molar-refractivity contribution in [1.82, 2.24) is 19.9 Å². The third kappa shape index (κ3) is 6.24. The second kappa shape index (κ2) is 13.8. The number of fused-ring (bicyclic) bond motifs is 3. The largest absolute Gasteiger partial charge is 0.311 e. The second-order valence-corrected chi connectivity index (χ2v) is 13.5. The summed E-state index contributed by atoms with van der Waals surface area (Å²) in [5, 5.41) is 2.26. The van der Waals surface area contributed by atoms with E-state index in [0.29, 0.717) is 0 Å². The molecule has 0 saturated carbocycles. The van der Waals surface area contributed by atoms with Crippen molar-refractivity contribution < 1.29 is 0 Å². The van der Waals surface area contributed by atoms with E-state index in [4.69, 9.17) is 19.9 Å². The van der Waals surface area contributed by atoms with Crippen LogP contribution in [0.15, 0.2) is 200 Å². The van der Waals surface area contributed by atoms with Gasteiger partial charge in [0.1, 0.15) is 0 Å². The minimum atomic E-state index is 0.867. The molecule has 0 N–H and O–H groups in total. The molecule has 55 heavy (non-hydrogen) atoms. The zero-order valence-corrected chi connectivity index (χ0v) is 29.8. The second-order valence-electron chi connectivity index (χ2n) is 13.5. The average Bonchev–Trinajstić information content (AvgIpc) is 3.27. The minimum Gasteiger partial charge on any atom is -0.311 e. The van der Waals surface area contributed by atoms with Gasteiger partial charge in [0.2, 0.25) is 0 Å². The molecule has 0 aliphatic carbocycles. The number of hydrogen-bond acceptors (Lipinski definition) is 5. The minimum absolute atomic E-state index is 0.867. The van der Waals surface area contributed by atoms with Crippen molar-refractivity contribution in [2.75, 3.05) is 4.90 Å². The zero-order chi connectivity index (χ0) is 36.6. The number of aromatic nitrogens is 4. The highest BCUT2D eigenvalue weighted by atomic mass is 15.1. The molecule has 0 spiro atoms. The first-order valence-electron chi connectivity index (χ1n) is 18.4. The molecule has 0 radical (unpaired) electrons. The average molecular weight is 704 g/mol. The van der Waals surface area contributed by atoms with Crippen molar-refractivity contribution in [3.05, 3.63) is 200 Å². The van der Waals surface area contributed by atoms with Gasteiger partial charge in [0.05, 0.1) is 39.1 Å². The molecule has 0 unspecified atom stereocenters. The molecular formula is C50H33N5. The van der Waals surface area contributed by atoms with Crippen molar-refractivity contribution in [2.45, 2.75) is 0 Å². The van der Waals surface area contributed by atoms with E-state index in [0.717, 1.165) is 94.8 Å². The Morgan fingerprint density at radius 1 is 0.327 bits per heavy atom. The predicted octanol–water partition coefficient (Wildman–Crippen LogP) is 12.9. The molecule has 5 nitrogen and oxygen atoms in total. The van der Waals surface area contributed by atoms with E-state index in [-0.39, 0.29) is 0 Å². The van der Waals surface area contributed by atoms with Crippen LogP contribution in [0.4, 0.5) is 17.1 Å². The Morgan fingerprint density at radius 2 is 0.782 bits per heavy atom. The van der Waals surface area contributed by atoms with Crippen molar-refractivity contribution in [3.63, 3.8) is 0 Å². The maximum absolute atomic E-state index is 5.05. The molecule has 0 saturated heterocycles. The lowest BCUT2D eigenvalue weighted by atomic mass is 10.0. The zero-order valence-electron chi connectivity index (χ0n) is 29.8. The van der Waals surface area contributed by atoms with Crippen LogP contribution in [0.5, 0.6) is 0 Å². The van der Waals surface area contributed by atoms with E-state index in [1.165, 1.54) is 0 Å².